The van der Waals surface area contributed by atoms with Crippen LogP contribution in [0.5, 0.6) is 5.75 Å². The Morgan fingerprint density at radius 1 is 1.20 bits per heavy atom. The Labute approximate surface area is 233 Å². The lowest BCUT2D eigenvalue weighted by Gasteiger charge is -2.26. The van der Waals surface area contributed by atoms with E-state index in [1.54, 1.807) is 30.6 Å². The van der Waals surface area contributed by atoms with Gasteiger partial charge in [-0.2, -0.15) is 15.1 Å². The third-order valence-electron chi connectivity index (χ3n) is 6.80. The van der Waals surface area contributed by atoms with Gasteiger partial charge in [0.1, 0.15) is 11.8 Å². The Morgan fingerprint density at radius 2 is 1.98 bits per heavy atom. The predicted octanol–water partition coefficient (Wildman–Crippen LogP) is 4.48. The van der Waals surface area contributed by atoms with Crippen LogP contribution in [0.2, 0.25) is 0 Å². The Balaban J connectivity index is 1.29. The van der Waals surface area contributed by atoms with Crippen LogP contribution in [0.1, 0.15) is 45.6 Å². The summed E-state index contributed by atoms with van der Waals surface area (Å²) in [6, 6.07) is 8.23. The lowest BCUT2D eigenvalue weighted by Crippen LogP contribution is -2.38. The number of methoxy groups -OCH3 is 1. The molecule has 0 bridgehead atoms. The average molecular weight is 570 g/mol. The van der Waals surface area contributed by atoms with Crippen molar-refractivity contribution in [2.24, 2.45) is 11.8 Å². The van der Waals surface area contributed by atoms with Crippen molar-refractivity contribution in [1.29, 1.82) is 0 Å². The number of nitrogens with one attached hydrogen (secondary N) is 2. The summed E-state index contributed by atoms with van der Waals surface area (Å²) in [5, 5.41) is 6.22. The Bertz CT molecular complexity index is 1410. The number of rotatable bonds is 13. The Morgan fingerprint density at radius 3 is 2.67 bits per heavy atom. The minimum Gasteiger partial charge on any atom is -0.468 e. The molecule has 5 rings (SSSR count). The third-order valence-corrected chi connectivity index (χ3v) is 8.37. The van der Waals surface area contributed by atoms with Gasteiger partial charge in [0.25, 0.3) is 0 Å². The standard InChI is InChI=1S/C27H36N7O5P/c1-17(2)13-22(26(35)37-3)33-40(36,39-21-7-5-4-6-8-21)38-15-18-9-12-20(14-18)34-16-29-23-24(30-19-10-11-19)31-27(28)32-25(23)34/h4-9,12,16-20,22H,10-11,13-15H2,1-3H3,(H,33,36)(H3,28,30,31,32)/t18-,20?,22?,40?/m1/s1. The smallest absolute Gasteiger partial charge is 0.459 e. The van der Waals surface area contributed by atoms with Crippen molar-refractivity contribution in [1.82, 2.24) is 24.6 Å². The van der Waals surface area contributed by atoms with Gasteiger partial charge >= 0.3 is 13.7 Å². The first-order valence-electron chi connectivity index (χ1n) is 13.5. The number of esters is 1. The summed E-state index contributed by atoms with van der Waals surface area (Å²) < 4.78 is 32.6. The highest BCUT2D eigenvalue weighted by Crippen LogP contribution is 2.46. The maximum absolute atomic E-state index is 14.0. The van der Waals surface area contributed by atoms with Gasteiger partial charge < -0.3 is 24.9 Å². The van der Waals surface area contributed by atoms with Crippen LogP contribution in [0.25, 0.3) is 11.2 Å². The van der Waals surface area contributed by atoms with Crippen LogP contribution in [0, 0.1) is 11.8 Å². The highest BCUT2D eigenvalue weighted by Gasteiger charge is 2.36. The molecule has 214 valence electrons. The first-order valence-corrected chi connectivity index (χ1v) is 15.1. The number of nitrogen functional groups attached to an aromatic ring is 1. The molecule has 3 aromatic rings. The van der Waals surface area contributed by atoms with Gasteiger partial charge in [-0.25, -0.2) is 9.55 Å². The summed E-state index contributed by atoms with van der Waals surface area (Å²) in [5.41, 5.74) is 7.34. The quantitative estimate of drug-likeness (QED) is 0.152. The van der Waals surface area contributed by atoms with Crippen LogP contribution in [0.4, 0.5) is 11.8 Å². The van der Waals surface area contributed by atoms with Crippen LogP contribution in [0.3, 0.4) is 0 Å². The van der Waals surface area contributed by atoms with Crippen molar-refractivity contribution >= 4 is 36.6 Å². The van der Waals surface area contributed by atoms with E-state index >= 15 is 0 Å². The van der Waals surface area contributed by atoms with E-state index in [1.807, 2.05) is 36.6 Å². The Kier molecular flexibility index (Phi) is 8.39. The first-order chi connectivity index (χ1) is 19.2. The number of anilines is 2. The summed E-state index contributed by atoms with van der Waals surface area (Å²) in [7, 11) is -2.66. The van der Waals surface area contributed by atoms with E-state index in [0.29, 0.717) is 41.6 Å². The van der Waals surface area contributed by atoms with E-state index in [2.05, 4.69) is 25.4 Å². The number of para-hydroxylation sites is 1. The fraction of sp³-hybridized carbons (Fsp3) is 0.481. The molecule has 13 heteroatoms. The lowest BCUT2D eigenvalue weighted by molar-refractivity contribution is -0.143. The van der Waals surface area contributed by atoms with E-state index in [-0.39, 0.29) is 30.4 Å². The van der Waals surface area contributed by atoms with Gasteiger partial charge in [0, 0.05) is 12.0 Å². The summed E-state index contributed by atoms with van der Waals surface area (Å²) in [6.07, 6.45) is 9.08. The largest absolute Gasteiger partial charge is 0.468 e. The fourth-order valence-electron chi connectivity index (χ4n) is 4.69. The third kappa shape index (κ3) is 6.80. The number of benzene rings is 1. The topological polar surface area (TPSA) is 156 Å². The normalized spacial score (nSPS) is 20.9. The molecular formula is C27H36N7O5P. The number of nitrogens with two attached hydrogens (primary N) is 1. The summed E-state index contributed by atoms with van der Waals surface area (Å²) in [6.45, 7) is 4.04. The van der Waals surface area contributed by atoms with Crippen LogP contribution in [-0.4, -0.2) is 51.3 Å². The van der Waals surface area contributed by atoms with Crippen molar-refractivity contribution in [3.8, 4) is 5.75 Å². The monoisotopic (exact) mass is 569 g/mol. The number of hydrogen-bond acceptors (Lipinski definition) is 10. The number of ether oxygens (including phenoxy) is 1. The number of allylic oxidation sites excluding steroid dienone is 1. The predicted molar refractivity (Wildman–Crippen MR) is 152 cm³/mol. The van der Waals surface area contributed by atoms with Crippen molar-refractivity contribution in [3.63, 3.8) is 0 Å². The van der Waals surface area contributed by atoms with Crippen molar-refractivity contribution < 1.29 is 23.1 Å². The number of hydrogen-bond donors (Lipinski definition) is 3. The van der Waals surface area contributed by atoms with Gasteiger partial charge in [0.05, 0.1) is 26.1 Å². The molecule has 2 aliphatic rings. The van der Waals surface area contributed by atoms with Crippen molar-refractivity contribution in [3.05, 3.63) is 48.8 Å². The number of carbonyl (C=O) groups is 1. The lowest BCUT2D eigenvalue weighted by atomic mass is 10.1. The number of nitrogens with zero attached hydrogens (tertiary/aromatic N) is 4. The number of carbonyl (C=O) groups excluding carboxylic acids is 1. The molecule has 40 heavy (non-hydrogen) atoms. The van der Waals surface area contributed by atoms with Crippen molar-refractivity contribution in [2.45, 2.75) is 57.7 Å². The zero-order valence-electron chi connectivity index (χ0n) is 22.9. The Hall–Kier alpha value is -3.47. The molecule has 0 spiro atoms. The van der Waals surface area contributed by atoms with Crippen LogP contribution in [0.15, 0.2) is 48.8 Å². The maximum atomic E-state index is 14.0. The second kappa shape index (κ2) is 12.0. The van der Waals surface area contributed by atoms with Gasteiger partial charge in [-0.05, 0) is 43.7 Å². The van der Waals surface area contributed by atoms with Gasteiger partial charge in [0.2, 0.25) is 5.95 Å². The SMILES string of the molecule is COC(=O)C(CC(C)C)NP(=O)(OC[C@@H]1C=CC(n2cnc3c(NC4CC4)nc(N)nc32)C1)Oc1ccccc1. The maximum Gasteiger partial charge on any atom is 0.459 e. The van der Waals surface area contributed by atoms with E-state index in [1.165, 1.54) is 7.11 Å². The molecule has 2 heterocycles. The molecule has 4 atom stereocenters. The van der Waals surface area contributed by atoms with Gasteiger partial charge in [-0.1, -0.05) is 44.2 Å². The molecule has 0 aliphatic heterocycles. The molecule has 3 unspecified atom stereocenters. The molecular weight excluding hydrogens is 533 g/mol. The molecule has 0 amide bonds. The van der Waals surface area contributed by atoms with E-state index in [9.17, 15) is 9.36 Å². The number of imidazole rings is 1. The minimum absolute atomic E-state index is 0.0483. The molecule has 2 aliphatic carbocycles. The molecule has 1 saturated carbocycles. The molecule has 4 N–H and O–H groups in total. The molecule has 1 fully saturated rings. The zero-order valence-corrected chi connectivity index (χ0v) is 23.8. The van der Waals surface area contributed by atoms with Gasteiger partial charge in [-0.15, -0.1) is 0 Å². The second-order valence-corrected chi connectivity index (χ2v) is 12.3. The van der Waals surface area contributed by atoms with E-state index in [4.69, 9.17) is 19.5 Å². The molecule has 2 aromatic heterocycles. The van der Waals surface area contributed by atoms with E-state index < -0.39 is 19.8 Å². The first kappa shape index (κ1) is 28.1. The second-order valence-electron chi connectivity index (χ2n) is 10.7. The van der Waals surface area contributed by atoms with Gasteiger partial charge in [0.15, 0.2) is 17.0 Å². The average Bonchev–Trinajstić information content (AvgIpc) is 3.43. The minimum atomic E-state index is -3.96. The van der Waals surface area contributed by atoms with Crippen LogP contribution in [-0.2, 0) is 18.6 Å². The summed E-state index contributed by atoms with van der Waals surface area (Å²) >= 11 is 0. The summed E-state index contributed by atoms with van der Waals surface area (Å²) in [4.78, 5) is 25.8. The highest BCUT2D eigenvalue weighted by atomic mass is 31.2. The van der Waals surface area contributed by atoms with Crippen molar-refractivity contribution in [2.75, 3.05) is 24.8 Å². The number of fused-ring (bicyclic) bond motifs is 1. The fourth-order valence-corrected chi connectivity index (χ4v) is 6.25. The molecule has 0 radical (unpaired) electrons. The van der Waals surface area contributed by atoms with E-state index in [0.717, 1.165) is 12.8 Å². The van der Waals surface area contributed by atoms with Crippen LogP contribution < -0.4 is 20.7 Å². The van der Waals surface area contributed by atoms with Crippen LogP contribution >= 0.6 is 7.75 Å². The number of aromatic nitrogens is 4. The highest BCUT2D eigenvalue weighted by molar-refractivity contribution is 7.52. The molecule has 12 nitrogen and oxygen atoms in total. The summed E-state index contributed by atoms with van der Waals surface area (Å²) in [5.74, 6) is 0.746. The van der Waals surface area contributed by atoms with Gasteiger partial charge in [-0.3, -0.25) is 9.32 Å². The molecule has 1 aromatic carbocycles. The zero-order chi connectivity index (χ0) is 28.3. The molecule has 0 saturated heterocycles.